The van der Waals surface area contributed by atoms with Crippen LogP contribution in [-0.4, -0.2) is 37.6 Å². The summed E-state index contributed by atoms with van der Waals surface area (Å²) >= 11 is 0. The Morgan fingerprint density at radius 1 is 1.30 bits per heavy atom. The third kappa shape index (κ3) is 5.66. The Labute approximate surface area is 116 Å². The molecule has 0 saturated heterocycles. The summed E-state index contributed by atoms with van der Waals surface area (Å²) in [6.07, 6.45) is -0.402. The van der Waals surface area contributed by atoms with Crippen LogP contribution in [0.3, 0.4) is 0 Å². The van der Waals surface area contributed by atoms with Crippen molar-refractivity contribution in [2.75, 3.05) is 19.6 Å². The fourth-order valence-corrected chi connectivity index (χ4v) is 1.37. The van der Waals surface area contributed by atoms with Crippen molar-refractivity contribution in [2.45, 2.75) is 13.0 Å². The molecule has 2 amide bonds. The number of carbonyl (C=O) groups is 2. The number of hydrogen-bond donors (Lipinski definition) is 3. The van der Waals surface area contributed by atoms with Crippen LogP contribution in [0, 0.1) is 5.82 Å². The van der Waals surface area contributed by atoms with Crippen LogP contribution in [0.15, 0.2) is 24.3 Å². The second kappa shape index (κ2) is 8.11. The minimum Gasteiger partial charge on any atom is -0.486 e. The van der Waals surface area contributed by atoms with Crippen LogP contribution in [-0.2, 0) is 9.59 Å². The van der Waals surface area contributed by atoms with Gasteiger partial charge in [0.1, 0.15) is 6.10 Å². The summed E-state index contributed by atoms with van der Waals surface area (Å²) in [5.74, 6) is -1.10. The van der Waals surface area contributed by atoms with Gasteiger partial charge in [-0.2, -0.15) is 0 Å². The number of nitrogens with two attached hydrogens (primary N) is 1. The van der Waals surface area contributed by atoms with E-state index < -0.39 is 17.8 Å². The zero-order chi connectivity index (χ0) is 15.0. The molecule has 0 saturated carbocycles. The molecule has 1 rings (SSSR count). The average molecular weight is 283 g/mol. The molecule has 1 aromatic carbocycles. The smallest absolute Gasteiger partial charge is 0.239 e. The molecule has 1 atom stereocenters. The lowest BCUT2D eigenvalue weighted by Gasteiger charge is -2.16. The number of amides is 2. The largest absolute Gasteiger partial charge is 0.486 e. The summed E-state index contributed by atoms with van der Waals surface area (Å²) in [5.41, 5.74) is 5.08. The number of carbonyl (C=O) groups excluding carboxylic acids is 2. The van der Waals surface area contributed by atoms with Crippen LogP contribution in [0.2, 0.25) is 0 Å². The highest BCUT2D eigenvalue weighted by Crippen LogP contribution is 2.16. The van der Waals surface area contributed by atoms with Gasteiger partial charge in [-0.3, -0.25) is 9.59 Å². The summed E-state index contributed by atoms with van der Waals surface area (Å²) in [4.78, 5) is 22.2. The topological polar surface area (TPSA) is 93.5 Å². The van der Waals surface area contributed by atoms with E-state index in [2.05, 4.69) is 10.6 Å². The molecule has 4 N–H and O–H groups in total. The molecule has 20 heavy (non-hydrogen) atoms. The van der Waals surface area contributed by atoms with Crippen molar-refractivity contribution in [2.24, 2.45) is 5.73 Å². The van der Waals surface area contributed by atoms with E-state index in [1.54, 1.807) is 19.1 Å². The Bertz CT molecular complexity index is 468. The van der Waals surface area contributed by atoms with Crippen LogP contribution in [0.1, 0.15) is 6.92 Å². The second-order valence-corrected chi connectivity index (χ2v) is 4.14. The predicted octanol–water partition coefficient (Wildman–Crippen LogP) is -0.216. The first-order valence-electron chi connectivity index (χ1n) is 6.17. The van der Waals surface area contributed by atoms with Crippen molar-refractivity contribution in [3.05, 3.63) is 30.1 Å². The van der Waals surface area contributed by atoms with Gasteiger partial charge >= 0.3 is 0 Å². The number of nitrogens with one attached hydrogen (secondary N) is 2. The summed E-state index contributed by atoms with van der Waals surface area (Å²) < 4.78 is 18.7. The quantitative estimate of drug-likeness (QED) is 0.645. The van der Waals surface area contributed by atoms with Crippen LogP contribution in [0.4, 0.5) is 4.39 Å². The maximum atomic E-state index is 13.3. The molecule has 0 fully saturated rings. The predicted molar refractivity (Wildman–Crippen MR) is 71.6 cm³/mol. The molecular formula is C13H18FN3O3. The lowest BCUT2D eigenvalue weighted by Crippen LogP contribution is -2.42. The number of para-hydroxylation sites is 1. The molecule has 0 aliphatic carbocycles. The molecule has 1 unspecified atom stereocenters. The van der Waals surface area contributed by atoms with Gasteiger partial charge in [-0.15, -0.1) is 0 Å². The maximum Gasteiger partial charge on any atom is 0.239 e. The number of halogens is 1. The Kier molecular flexibility index (Phi) is 6.45. The summed E-state index contributed by atoms with van der Waals surface area (Å²) in [6.45, 7) is 1.58. The molecule has 0 aliphatic rings. The molecular weight excluding hydrogens is 265 g/mol. The molecule has 7 heteroatoms. The van der Waals surface area contributed by atoms with Gasteiger partial charge in [-0.1, -0.05) is 12.1 Å². The van der Waals surface area contributed by atoms with Gasteiger partial charge in [0.05, 0.1) is 19.6 Å². The monoisotopic (exact) mass is 283 g/mol. The zero-order valence-electron chi connectivity index (χ0n) is 11.2. The molecule has 0 spiro atoms. The first-order valence-corrected chi connectivity index (χ1v) is 6.17. The summed E-state index contributed by atoms with van der Waals surface area (Å²) in [6, 6.07) is 6.03. The third-order valence-electron chi connectivity index (χ3n) is 2.38. The van der Waals surface area contributed by atoms with Crippen LogP contribution >= 0.6 is 0 Å². The normalized spacial score (nSPS) is 11.6. The van der Waals surface area contributed by atoms with E-state index in [9.17, 15) is 14.0 Å². The SMILES string of the molecule is CC(CNC(=O)CNC(=O)CN)Oc1ccccc1F. The molecule has 0 heterocycles. The molecule has 110 valence electrons. The van der Waals surface area contributed by atoms with Gasteiger partial charge in [0.25, 0.3) is 0 Å². The van der Waals surface area contributed by atoms with Gasteiger partial charge < -0.3 is 21.1 Å². The van der Waals surface area contributed by atoms with Crippen LogP contribution < -0.4 is 21.1 Å². The molecule has 0 bridgehead atoms. The van der Waals surface area contributed by atoms with E-state index >= 15 is 0 Å². The van der Waals surface area contributed by atoms with E-state index in [-0.39, 0.29) is 31.3 Å². The highest BCUT2D eigenvalue weighted by molar-refractivity contribution is 5.85. The lowest BCUT2D eigenvalue weighted by atomic mass is 10.3. The van der Waals surface area contributed by atoms with Gasteiger partial charge in [0, 0.05) is 0 Å². The minimum atomic E-state index is -0.458. The van der Waals surface area contributed by atoms with Gasteiger partial charge in [-0.25, -0.2) is 4.39 Å². The number of benzene rings is 1. The standard InChI is InChI=1S/C13H18FN3O3/c1-9(20-11-5-3-2-4-10(11)14)7-16-13(19)8-17-12(18)6-15/h2-5,9H,6-8,15H2,1H3,(H,16,19)(H,17,18). The lowest BCUT2D eigenvalue weighted by molar-refractivity contribution is -0.125. The molecule has 0 radical (unpaired) electrons. The Morgan fingerprint density at radius 3 is 2.65 bits per heavy atom. The third-order valence-corrected chi connectivity index (χ3v) is 2.38. The van der Waals surface area contributed by atoms with Crippen LogP contribution in [0.25, 0.3) is 0 Å². The second-order valence-electron chi connectivity index (χ2n) is 4.14. The summed E-state index contributed by atoms with van der Waals surface area (Å²) in [7, 11) is 0. The van der Waals surface area contributed by atoms with E-state index in [0.717, 1.165) is 0 Å². The van der Waals surface area contributed by atoms with Gasteiger partial charge in [0.2, 0.25) is 11.8 Å². The van der Waals surface area contributed by atoms with Gasteiger partial charge in [0.15, 0.2) is 11.6 Å². The van der Waals surface area contributed by atoms with Crippen molar-refractivity contribution in [3.63, 3.8) is 0 Å². The minimum absolute atomic E-state index is 0.130. The molecule has 0 aromatic heterocycles. The zero-order valence-corrected chi connectivity index (χ0v) is 11.2. The maximum absolute atomic E-state index is 13.3. The highest BCUT2D eigenvalue weighted by Gasteiger charge is 2.10. The number of hydrogen-bond acceptors (Lipinski definition) is 4. The fourth-order valence-electron chi connectivity index (χ4n) is 1.37. The average Bonchev–Trinajstić information content (AvgIpc) is 2.45. The Balaban J connectivity index is 2.29. The highest BCUT2D eigenvalue weighted by atomic mass is 19.1. The van der Waals surface area contributed by atoms with Gasteiger partial charge in [-0.05, 0) is 19.1 Å². The van der Waals surface area contributed by atoms with E-state index in [4.69, 9.17) is 10.5 Å². The Morgan fingerprint density at radius 2 is 2.00 bits per heavy atom. The van der Waals surface area contributed by atoms with Crippen molar-refractivity contribution < 1.29 is 18.7 Å². The summed E-state index contributed by atoms with van der Waals surface area (Å²) in [5, 5.41) is 4.90. The first-order chi connectivity index (χ1) is 9.52. The van der Waals surface area contributed by atoms with Crippen molar-refractivity contribution in [3.8, 4) is 5.75 Å². The van der Waals surface area contributed by atoms with E-state index in [1.165, 1.54) is 12.1 Å². The molecule has 6 nitrogen and oxygen atoms in total. The fraction of sp³-hybridized carbons (Fsp3) is 0.385. The van der Waals surface area contributed by atoms with Crippen LogP contribution in [0.5, 0.6) is 5.75 Å². The van der Waals surface area contributed by atoms with Crippen molar-refractivity contribution in [1.82, 2.24) is 10.6 Å². The molecule has 0 aliphatic heterocycles. The van der Waals surface area contributed by atoms with Crippen molar-refractivity contribution in [1.29, 1.82) is 0 Å². The Hall–Kier alpha value is -2.15. The van der Waals surface area contributed by atoms with E-state index in [0.29, 0.717) is 0 Å². The van der Waals surface area contributed by atoms with E-state index in [1.807, 2.05) is 0 Å². The molecule has 1 aromatic rings. The number of ether oxygens (including phenoxy) is 1. The first kappa shape index (κ1) is 15.9. The van der Waals surface area contributed by atoms with Crippen molar-refractivity contribution >= 4 is 11.8 Å². The number of rotatable bonds is 7.